The average Bonchev–Trinajstić information content (AvgIpc) is 3.38. The van der Waals surface area contributed by atoms with Crippen LogP contribution in [0.25, 0.3) is 0 Å². The maximum absolute atomic E-state index is 12.0. The topological polar surface area (TPSA) is 127 Å². The summed E-state index contributed by atoms with van der Waals surface area (Å²) in [5.74, 6) is 1.11. The van der Waals surface area contributed by atoms with Crippen molar-refractivity contribution in [1.29, 1.82) is 0 Å². The lowest BCUT2D eigenvalue weighted by molar-refractivity contribution is -0.121. The van der Waals surface area contributed by atoms with Crippen LogP contribution in [0.1, 0.15) is 38.5 Å². The Morgan fingerprint density at radius 2 is 1.50 bits per heavy atom. The monoisotopic (exact) mass is 614 g/mol. The molecule has 0 saturated carbocycles. The Hall–Kier alpha value is -0.830. The van der Waals surface area contributed by atoms with E-state index in [0.29, 0.717) is 68.8 Å². The molecule has 0 aromatic carbocycles. The second kappa shape index (κ2) is 18.4. The van der Waals surface area contributed by atoms with Crippen molar-refractivity contribution in [2.45, 2.75) is 55.9 Å². The van der Waals surface area contributed by atoms with Crippen molar-refractivity contribution in [2.75, 3.05) is 62.9 Å². The molecule has 2 aliphatic rings. The molecule has 4 amide bonds. The van der Waals surface area contributed by atoms with E-state index in [-0.39, 0.29) is 29.9 Å². The van der Waals surface area contributed by atoms with Crippen LogP contribution in [0.5, 0.6) is 0 Å². The summed E-state index contributed by atoms with van der Waals surface area (Å²) in [6.45, 7) is 4.53. The maximum atomic E-state index is 12.0. The Bertz CT molecular complexity index is 618. The molecule has 12 heteroatoms. The van der Waals surface area contributed by atoms with Gasteiger partial charge in [0.05, 0.1) is 42.9 Å². The fourth-order valence-corrected chi connectivity index (χ4v) is 5.57. The molecule has 0 aromatic rings. The summed E-state index contributed by atoms with van der Waals surface area (Å²) in [7, 11) is 0. The smallest absolute Gasteiger partial charge is 0.315 e. The minimum atomic E-state index is -0.0521. The summed E-state index contributed by atoms with van der Waals surface area (Å²) in [6, 6.07) is 0.446. The van der Waals surface area contributed by atoms with Gasteiger partial charge in [0.1, 0.15) is 0 Å². The average molecular weight is 615 g/mol. The van der Waals surface area contributed by atoms with Gasteiger partial charge in [-0.05, 0) is 25.7 Å². The SMILES string of the molecule is O=C(CI)NCCCOCCOCCOCCCNC(=O)CCCC[C@@H]1SC[C@@H]2NC(=O)N[C@@H]21. The number of urea groups is 1. The van der Waals surface area contributed by atoms with Gasteiger partial charge in [-0.15, -0.1) is 0 Å². The largest absolute Gasteiger partial charge is 0.379 e. The van der Waals surface area contributed by atoms with Crippen molar-refractivity contribution in [3.8, 4) is 0 Å². The van der Waals surface area contributed by atoms with Crippen molar-refractivity contribution >= 4 is 52.2 Å². The number of amides is 4. The summed E-state index contributed by atoms with van der Waals surface area (Å²) >= 11 is 3.94. The molecule has 0 unspecified atom stereocenters. The van der Waals surface area contributed by atoms with Crippen LogP contribution in [0.4, 0.5) is 4.79 Å². The van der Waals surface area contributed by atoms with E-state index in [0.717, 1.165) is 37.9 Å². The van der Waals surface area contributed by atoms with Gasteiger partial charge in [-0.2, -0.15) is 11.8 Å². The van der Waals surface area contributed by atoms with Crippen LogP contribution < -0.4 is 21.3 Å². The third-order valence-corrected chi connectivity index (χ3v) is 7.72. The van der Waals surface area contributed by atoms with E-state index in [1.54, 1.807) is 0 Å². The predicted molar refractivity (Wildman–Crippen MR) is 141 cm³/mol. The number of halogens is 1. The van der Waals surface area contributed by atoms with Gasteiger partial charge in [0.25, 0.3) is 0 Å². The van der Waals surface area contributed by atoms with Gasteiger partial charge in [0.15, 0.2) is 0 Å². The Kier molecular flexibility index (Phi) is 15.9. The highest BCUT2D eigenvalue weighted by Crippen LogP contribution is 2.33. The number of hydrogen-bond acceptors (Lipinski definition) is 7. The predicted octanol–water partition coefficient (Wildman–Crippen LogP) is 1.21. The molecular weight excluding hydrogens is 575 g/mol. The second-order valence-corrected chi connectivity index (χ2v) is 10.3. The molecule has 2 heterocycles. The Morgan fingerprint density at radius 1 is 0.882 bits per heavy atom. The number of carbonyl (C=O) groups is 3. The molecule has 2 rings (SSSR count). The van der Waals surface area contributed by atoms with Crippen LogP contribution in [0, 0.1) is 0 Å². The molecule has 196 valence electrons. The number of alkyl halides is 1. The molecule has 2 saturated heterocycles. The van der Waals surface area contributed by atoms with Gasteiger partial charge >= 0.3 is 6.03 Å². The zero-order valence-electron chi connectivity index (χ0n) is 19.8. The van der Waals surface area contributed by atoms with Crippen molar-refractivity contribution < 1.29 is 28.6 Å². The number of fused-ring (bicyclic) bond motifs is 1. The lowest BCUT2D eigenvalue weighted by atomic mass is 10.0. The summed E-state index contributed by atoms with van der Waals surface area (Å²) in [4.78, 5) is 34.4. The first kappa shape index (κ1) is 29.4. The van der Waals surface area contributed by atoms with E-state index >= 15 is 0 Å². The molecule has 4 N–H and O–H groups in total. The molecule has 3 atom stereocenters. The van der Waals surface area contributed by atoms with Gasteiger partial charge in [0.2, 0.25) is 11.8 Å². The van der Waals surface area contributed by atoms with E-state index in [1.807, 2.05) is 34.4 Å². The number of hydrogen-bond donors (Lipinski definition) is 4. The summed E-state index contributed by atoms with van der Waals surface area (Å²) in [5, 5.41) is 12.1. The Labute approximate surface area is 220 Å². The van der Waals surface area contributed by atoms with Crippen LogP contribution in [0.2, 0.25) is 0 Å². The summed E-state index contributed by atoms with van der Waals surface area (Å²) < 4.78 is 16.9. The van der Waals surface area contributed by atoms with E-state index in [9.17, 15) is 14.4 Å². The molecule has 10 nitrogen and oxygen atoms in total. The van der Waals surface area contributed by atoms with Crippen molar-refractivity contribution in [1.82, 2.24) is 21.3 Å². The molecule has 34 heavy (non-hydrogen) atoms. The Balaban J connectivity index is 1.27. The van der Waals surface area contributed by atoms with Crippen LogP contribution >= 0.6 is 34.4 Å². The lowest BCUT2D eigenvalue weighted by Gasteiger charge is -2.16. The minimum absolute atomic E-state index is 0.0505. The number of rotatable bonds is 20. The van der Waals surface area contributed by atoms with Gasteiger partial charge in [0, 0.05) is 43.7 Å². The molecule has 0 radical (unpaired) electrons. The molecule has 2 fully saturated rings. The zero-order chi connectivity index (χ0) is 24.4. The minimum Gasteiger partial charge on any atom is -0.379 e. The fraction of sp³-hybridized carbons (Fsp3) is 0.864. The summed E-state index contributed by atoms with van der Waals surface area (Å²) in [6.07, 6.45) is 5.00. The zero-order valence-corrected chi connectivity index (χ0v) is 22.8. The first-order valence-electron chi connectivity index (χ1n) is 12.1. The normalized spacial score (nSPS) is 21.1. The number of unbranched alkanes of at least 4 members (excludes halogenated alkanes) is 1. The van der Waals surface area contributed by atoms with Crippen molar-refractivity contribution in [3.05, 3.63) is 0 Å². The van der Waals surface area contributed by atoms with Gasteiger partial charge in [-0.1, -0.05) is 29.0 Å². The first-order valence-corrected chi connectivity index (χ1v) is 14.7. The molecule has 0 spiro atoms. The summed E-state index contributed by atoms with van der Waals surface area (Å²) in [5.41, 5.74) is 0. The number of carbonyl (C=O) groups excluding carboxylic acids is 3. The van der Waals surface area contributed by atoms with E-state index < -0.39 is 0 Å². The van der Waals surface area contributed by atoms with Crippen LogP contribution in [-0.4, -0.2) is 98.1 Å². The van der Waals surface area contributed by atoms with Crippen LogP contribution in [0.3, 0.4) is 0 Å². The first-order chi connectivity index (χ1) is 16.6. The number of ether oxygens (including phenoxy) is 3. The molecular formula is C22H39IN4O6S. The van der Waals surface area contributed by atoms with Crippen molar-refractivity contribution in [3.63, 3.8) is 0 Å². The van der Waals surface area contributed by atoms with E-state index in [2.05, 4.69) is 21.3 Å². The third kappa shape index (κ3) is 12.8. The maximum Gasteiger partial charge on any atom is 0.315 e. The lowest BCUT2D eigenvalue weighted by Crippen LogP contribution is -2.36. The number of thioether (sulfide) groups is 1. The van der Waals surface area contributed by atoms with E-state index in [4.69, 9.17) is 14.2 Å². The highest BCUT2D eigenvalue weighted by Gasteiger charge is 2.42. The highest BCUT2D eigenvalue weighted by atomic mass is 127. The molecule has 0 aliphatic carbocycles. The Morgan fingerprint density at radius 3 is 2.15 bits per heavy atom. The van der Waals surface area contributed by atoms with Crippen LogP contribution in [0.15, 0.2) is 0 Å². The van der Waals surface area contributed by atoms with Crippen LogP contribution in [-0.2, 0) is 23.8 Å². The quantitative estimate of drug-likeness (QED) is 0.0703. The van der Waals surface area contributed by atoms with E-state index in [1.165, 1.54) is 0 Å². The fourth-order valence-electron chi connectivity index (χ4n) is 3.76. The third-order valence-electron chi connectivity index (χ3n) is 5.52. The molecule has 0 bridgehead atoms. The standard InChI is InChI=1S/C22H39IN4O6S/c23-15-20(29)25-8-4-10-32-12-14-33-13-11-31-9-3-7-24-19(28)6-2-1-5-18-21-17(16-34-18)26-22(30)27-21/h17-18,21H,1-16H2,(H,24,28)(H,25,29)(H2,26,27,30)/t17-,18-,21-/m0/s1. The van der Waals surface area contributed by atoms with Gasteiger partial charge in [-0.3, -0.25) is 9.59 Å². The number of nitrogens with one attached hydrogen (secondary N) is 4. The molecule has 2 aliphatic heterocycles. The van der Waals surface area contributed by atoms with Gasteiger partial charge in [-0.25, -0.2) is 4.79 Å². The molecule has 0 aromatic heterocycles. The second-order valence-electron chi connectivity index (χ2n) is 8.25. The van der Waals surface area contributed by atoms with Crippen molar-refractivity contribution in [2.24, 2.45) is 0 Å². The highest BCUT2D eigenvalue weighted by molar-refractivity contribution is 14.1. The van der Waals surface area contributed by atoms with Gasteiger partial charge < -0.3 is 35.5 Å².